The summed E-state index contributed by atoms with van der Waals surface area (Å²) < 4.78 is 15.6. The number of carbonyl (C=O) groups is 1. The van der Waals surface area contributed by atoms with Crippen LogP contribution in [0.1, 0.15) is 10.4 Å². The zero-order chi connectivity index (χ0) is 16.1. The Kier molecular flexibility index (Phi) is 4.67. The highest BCUT2D eigenvalue weighted by Crippen LogP contribution is 2.38. The van der Waals surface area contributed by atoms with E-state index < -0.39 is 5.91 Å². The van der Waals surface area contributed by atoms with Crippen LogP contribution in [0.2, 0.25) is 0 Å². The number of pyridine rings is 1. The van der Waals surface area contributed by atoms with E-state index in [2.05, 4.69) is 10.3 Å². The van der Waals surface area contributed by atoms with Gasteiger partial charge in [-0.25, -0.2) is 0 Å². The summed E-state index contributed by atoms with van der Waals surface area (Å²) in [6.07, 6.45) is 1.45. The Bertz CT molecular complexity index is 714. The van der Waals surface area contributed by atoms with Gasteiger partial charge in [-0.3, -0.25) is 9.59 Å². The fraction of sp³-hybridized carbons (Fsp3) is 0.200. The molecule has 0 fully saturated rings. The van der Waals surface area contributed by atoms with Crippen LogP contribution < -0.4 is 25.0 Å². The number of rotatable bonds is 5. The Hall–Kier alpha value is -2.96. The summed E-state index contributed by atoms with van der Waals surface area (Å²) in [5.74, 6) is 1.02. The first-order valence-corrected chi connectivity index (χ1v) is 6.39. The van der Waals surface area contributed by atoms with Crippen LogP contribution in [-0.4, -0.2) is 32.2 Å². The predicted molar refractivity (Wildman–Crippen MR) is 81.1 cm³/mol. The molecule has 1 aromatic carbocycles. The van der Waals surface area contributed by atoms with E-state index in [1.807, 2.05) is 0 Å². The summed E-state index contributed by atoms with van der Waals surface area (Å²) >= 11 is 0. The van der Waals surface area contributed by atoms with Gasteiger partial charge in [0.25, 0.3) is 5.91 Å². The van der Waals surface area contributed by atoms with E-state index in [4.69, 9.17) is 14.2 Å². The second-order valence-electron chi connectivity index (χ2n) is 4.31. The number of aromatic amines is 1. The monoisotopic (exact) mass is 304 g/mol. The first-order chi connectivity index (χ1) is 10.6. The Morgan fingerprint density at radius 2 is 1.68 bits per heavy atom. The maximum absolute atomic E-state index is 12.3. The Morgan fingerprint density at radius 1 is 1.05 bits per heavy atom. The van der Waals surface area contributed by atoms with Crippen molar-refractivity contribution < 1.29 is 19.0 Å². The van der Waals surface area contributed by atoms with E-state index in [1.165, 1.54) is 51.8 Å². The van der Waals surface area contributed by atoms with Crippen LogP contribution in [0.4, 0.5) is 5.82 Å². The minimum atomic E-state index is -0.416. The second-order valence-corrected chi connectivity index (χ2v) is 4.31. The number of methoxy groups -OCH3 is 3. The number of hydrogen-bond donors (Lipinski definition) is 2. The van der Waals surface area contributed by atoms with Crippen LogP contribution in [0.25, 0.3) is 0 Å². The van der Waals surface area contributed by atoms with Gasteiger partial charge in [-0.2, -0.15) is 0 Å². The van der Waals surface area contributed by atoms with Crippen molar-refractivity contribution in [1.29, 1.82) is 0 Å². The lowest BCUT2D eigenvalue weighted by Gasteiger charge is -2.14. The van der Waals surface area contributed by atoms with Crippen molar-refractivity contribution in [3.8, 4) is 17.2 Å². The van der Waals surface area contributed by atoms with Gasteiger partial charge in [-0.1, -0.05) is 0 Å². The first-order valence-electron chi connectivity index (χ1n) is 6.39. The molecule has 0 saturated carbocycles. The molecule has 1 heterocycles. The van der Waals surface area contributed by atoms with Crippen LogP contribution >= 0.6 is 0 Å². The van der Waals surface area contributed by atoms with E-state index in [9.17, 15) is 9.59 Å². The largest absolute Gasteiger partial charge is 0.493 e. The van der Waals surface area contributed by atoms with E-state index >= 15 is 0 Å². The average Bonchev–Trinajstić information content (AvgIpc) is 2.53. The van der Waals surface area contributed by atoms with Gasteiger partial charge in [0.1, 0.15) is 5.82 Å². The maximum Gasteiger partial charge on any atom is 0.257 e. The molecule has 7 heteroatoms. The molecule has 0 aliphatic rings. The third kappa shape index (κ3) is 3.20. The number of ether oxygens (including phenoxy) is 3. The smallest absolute Gasteiger partial charge is 0.257 e. The fourth-order valence-corrected chi connectivity index (χ4v) is 1.92. The van der Waals surface area contributed by atoms with Crippen LogP contribution in [0.5, 0.6) is 17.2 Å². The summed E-state index contributed by atoms with van der Waals surface area (Å²) in [7, 11) is 4.41. The average molecular weight is 304 g/mol. The second kappa shape index (κ2) is 6.66. The number of aromatic nitrogens is 1. The molecule has 2 N–H and O–H groups in total. The number of amides is 1. The first kappa shape index (κ1) is 15.4. The molecule has 0 spiro atoms. The number of hydrogen-bond acceptors (Lipinski definition) is 5. The molecule has 1 aromatic heterocycles. The normalized spacial score (nSPS) is 9.95. The third-order valence-corrected chi connectivity index (χ3v) is 2.95. The van der Waals surface area contributed by atoms with Crippen molar-refractivity contribution in [2.24, 2.45) is 0 Å². The highest BCUT2D eigenvalue weighted by atomic mass is 16.5. The SMILES string of the molecule is COc1cc(C(=O)Nc2cc(=O)cc[nH]2)cc(OC)c1OC. The Balaban J connectivity index is 2.35. The molecule has 22 heavy (non-hydrogen) atoms. The summed E-state index contributed by atoms with van der Waals surface area (Å²) in [5.41, 5.74) is 0.0955. The van der Waals surface area contributed by atoms with E-state index in [-0.39, 0.29) is 5.43 Å². The number of anilines is 1. The van der Waals surface area contributed by atoms with Crippen LogP contribution in [-0.2, 0) is 0 Å². The lowest BCUT2D eigenvalue weighted by atomic mass is 10.1. The van der Waals surface area contributed by atoms with Gasteiger partial charge in [-0.05, 0) is 12.1 Å². The molecule has 2 aromatic rings. The van der Waals surface area contributed by atoms with Crippen molar-refractivity contribution in [2.45, 2.75) is 0 Å². The van der Waals surface area contributed by atoms with E-state index in [0.29, 0.717) is 28.6 Å². The minimum absolute atomic E-state index is 0.209. The van der Waals surface area contributed by atoms with Crippen molar-refractivity contribution in [3.05, 3.63) is 46.2 Å². The van der Waals surface area contributed by atoms with Gasteiger partial charge in [-0.15, -0.1) is 0 Å². The van der Waals surface area contributed by atoms with Gasteiger partial charge < -0.3 is 24.5 Å². The summed E-state index contributed by atoms with van der Waals surface area (Å²) in [5, 5.41) is 2.59. The topological polar surface area (TPSA) is 89.7 Å². The predicted octanol–water partition coefficient (Wildman–Crippen LogP) is 1.65. The van der Waals surface area contributed by atoms with Gasteiger partial charge in [0.05, 0.1) is 21.3 Å². The van der Waals surface area contributed by atoms with Crippen molar-refractivity contribution >= 4 is 11.7 Å². The molecule has 2 rings (SSSR count). The molecule has 0 aliphatic heterocycles. The summed E-state index contributed by atoms with van der Waals surface area (Å²) in [6, 6.07) is 5.69. The van der Waals surface area contributed by atoms with Crippen molar-refractivity contribution in [2.75, 3.05) is 26.6 Å². The molecular weight excluding hydrogens is 288 g/mol. The number of nitrogens with one attached hydrogen (secondary N) is 2. The number of benzene rings is 1. The van der Waals surface area contributed by atoms with Crippen molar-refractivity contribution in [1.82, 2.24) is 4.98 Å². The maximum atomic E-state index is 12.3. The van der Waals surface area contributed by atoms with Gasteiger partial charge in [0.2, 0.25) is 5.75 Å². The summed E-state index contributed by atoms with van der Waals surface area (Å²) in [6.45, 7) is 0. The molecule has 0 unspecified atom stereocenters. The quantitative estimate of drug-likeness (QED) is 0.876. The molecular formula is C15H16N2O5. The Labute approximate surface area is 126 Å². The molecule has 0 radical (unpaired) electrons. The van der Waals surface area contributed by atoms with Crippen LogP contribution in [0, 0.1) is 0 Å². The molecule has 116 valence electrons. The Morgan fingerprint density at radius 3 is 2.18 bits per heavy atom. The molecule has 7 nitrogen and oxygen atoms in total. The standard InChI is InChI=1S/C15H16N2O5/c1-20-11-6-9(7-12(21-2)14(11)22-3)15(19)17-13-8-10(18)4-5-16-13/h4-8H,1-3H3,(H2,16,17,18,19). The van der Waals surface area contributed by atoms with Crippen LogP contribution in [0.3, 0.4) is 0 Å². The summed E-state index contributed by atoms with van der Waals surface area (Å²) in [4.78, 5) is 26.3. The highest BCUT2D eigenvalue weighted by Gasteiger charge is 2.17. The van der Waals surface area contributed by atoms with E-state index in [1.54, 1.807) is 0 Å². The lowest BCUT2D eigenvalue weighted by molar-refractivity contribution is 0.102. The van der Waals surface area contributed by atoms with Crippen molar-refractivity contribution in [3.63, 3.8) is 0 Å². The number of carbonyl (C=O) groups excluding carboxylic acids is 1. The minimum Gasteiger partial charge on any atom is -0.493 e. The third-order valence-electron chi connectivity index (χ3n) is 2.95. The zero-order valence-corrected chi connectivity index (χ0v) is 12.4. The van der Waals surface area contributed by atoms with E-state index in [0.717, 1.165) is 0 Å². The molecule has 0 bridgehead atoms. The van der Waals surface area contributed by atoms with Crippen LogP contribution in [0.15, 0.2) is 35.3 Å². The fourth-order valence-electron chi connectivity index (χ4n) is 1.92. The van der Waals surface area contributed by atoms with Gasteiger partial charge in [0, 0.05) is 23.9 Å². The molecule has 0 atom stereocenters. The molecule has 0 aliphatic carbocycles. The highest BCUT2D eigenvalue weighted by molar-refractivity contribution is 6.04. The van der Waals surface area contributed by atoms with Gasteiger partial charge in [0.15, 0.2) is 16.9 Å². The molecule has 0 saturated heterocycles. The number of H-pyrrole nitrogens is 1. The molecule has 1 amide bonds. The lowest BCUT2D eigenvalue weighted by Crippen LogP contribution is -2.15. The van der Waals surface area contributed by atoms with Gasteiger partial charge >= 0.3 is 0 Å². The zero-order valence-electron chi connectivity index (χ0n) is 12.4.